The predicted molar refractivity (Wildman–Crippen MR) is 57.8 cm³/mol. The monoisotopic (exact) mass is 185 g/mol. The van der Waals surface area contributed by atoms with Gasteiger partial charge in [0.1, 0.15) is 0 Å². The number of hydrogen-bond donors (Lipinski definition) is 1. The largest absolute Gasteiger partial charge is 0.393 e. The summed E-state index contributed by atoms with van der Waals surface area (Å²) in [5.41, 5.74) is 1.28. The van der Waals surface area contributed by atoms with Gasteiger partial charge in [0.05, 0.1) is 6.10 Å². The van der Waals surface area contributed by atoms with Crippen LogP contribution in [0.25, 0.3) is 0 Å². The van der Waals surface area contributed by atoms with E-state index in [0.717, 1.165) is 25.8 Å². The van der Waals surface area contributed by atoms with E-state index in [2.05, 4.69) is 32.0 Å². The van der Waals surface area contributed by atoms with Gasteiger partial charge in [-0.1, -0.05) is 11.6 Å². The van der Waals surface area contributed by atoms with Crippen LogP contribution in [0.15, 0.2) is 11.6 Å². The van der Waals surface area contributed by atoms with Gasteiger partial charge in [0.25, 0.3) is 0 Å². The molecule has 0 aromatic carbocycles. The fourth-order valence-electron chi connectivity index (χ4n) is 1.23. The molecule has 0 rings (SSSR count). The Morgan fingerprint density at radius 1 is 1.46 bits per heavy atom. The van der Waals surface area contributed by atoms with Crippen molar-refractivity contribution in [3.8, 4) is 0 Å². The average Bonchev–Trinajstić information content (AvgIpc) is 2.03. The lowest BCUT2D eigenvalue weighted by molar-refractivity contribution is 0.158. The number of aliphatic hydroxyl groups excluding tert-OH is 1. The van der Waals surface area contributed by atoms with Gasteiger partial charge in [-0.25, -0.2) is 0 Å². The maximum Gasteiger partial charge on any atom is 0.0577 e. The minimum atomic E-state index is -0.156. The first kappa shape index (κ1) is 12.7. The number of rotatable bonds is 6. The van der Waals surface area contributed by atoms with E-state index in [1.165, 1.54) is 5.57 Å². The molecule has 0 aliphatic carbocycles. The van der Waals surface area contributed by atoms with Crippen LogP contribution in [0.4, 0.5) is 0 Å². The zero-order valence-electron chi connectivity index (χ0n) is 9.38. The van der Waals surface area contributed by atoms with E-state index in [9.17, 15) is 5.11 Å². The first-order chi connectivity index (χ1) is 6.06. The van der Waals surface area contributed by atoms with Crippen LogP contribution >= 0.6 is 0 Å². The maximum atomic E-state index is 9.60. The van der Waals surface area contributed by atoms with Crippen molar-refractivity contribution in [1.82, 2.24) is 4.90 Å². The molecule has 1 unspecified atom stereocenters. The molecule has 0 bridgehead atoms. The van der Waals surface area contributed by atoms with Crippen LogP contribution < -0.4 is 0 Å². The van der Waals surface area contributed by atoms with Gasteiger partial charge in [0.15, 0.2) is 0 Å². The number of nitrogens with zero attached hydrogens (tertiary/aromatic N) is 1. The maximum absolute atomic E-state index is 9.60. The highest BCUT2D eigenvalue weighted by Gasteiger charge is 2.04. The van der Waals surface area contributed by atoms with E-state index in [1.54, 1.807) is 0 Å². The molecule has 0 fully saturated rings. The van der Waals surface area contributed by atoms with Crippen molar-refractivity contribution in [3.05, 3.63) is 11.6 Å². The molecule has 0 aliphatic heterocycles. The molecule has 1 atom stereocenters. The summed E-state index contributed by atoms with van der Waals surface area (Å²) in [6.45, 7) is 5.14. The van der Waals surface area contributed by atoms with Crippen LogP contribution in [-0.4, -0.2) is 36.8 Å². The van der Waals surface area contributed by atoms with Gasteiger partial charge in [0.2, 0.25) is 0 Å². The molecule has 0 saturated heterocycles. The van der Waals surface area contributed by atoms with Crippen molar-refractivity contribution in [2.45, 2.75) is 39.2 Å². The van der Waals surface area contributed by atoms with Gasteiger partial charge in [-0.15, -0.1) is 0 Å². The molecule has 78 valence electrons. The molecule has 1 N–H and O–H groups in total. The van der Waals surface area contributed by atoms with Gasteiger partial charge >= 0.3 is 0 Å². The summed E-state index contributed by atoms with van der Waals surface area (Å²) >= 11 is 0. The van der Waals surface area contributed by atoms with E-state index in [1.807, 2.05) is 6.92 Å². The van der Waals surface area contributed by atoms with E-state index < -0.39 is 0 Å². The Balaban J connectivity index is 3.46. The normalized spacial score (nSPS) is 15.1. The van der Waals surface area contributed by atoms with E-state index in [-0.39, 0.29) is 6.10 Å². The van der Waals surface area contributed by atoms with Crippen LogP contribution in [0.3, 0.4) is 0 Å². The highest BCUT2D eigenvalue weighted by Crippen LogP contribution is 2.09. The summed E-state index contributed by atoms with van der Waals surface area (Å²) in [4.78, 5) is 2.15. The molecule has 0 aliphatic rings. The van der Waals surface area contributed by atoms with Crippen molar-refractivity contribution in [1.29, 1.82) is 0 Å². The van der Waals surface area contributed by atoms with Crippen LogP contribution in [0.2, 0.25) is 0 Å². The summed E-state index contributed by atoms with van der Waals surface area (Å²) in [6, 6.07) is 0. The Morgan fingerprint density at radius 2 is 2.08 bits per heavy atom. The van der Waals surface area contributed by atoms with Crippen LogP contribution in [-0.2, 0) is 0 Å². The molecule has 2 nitrogen and oxygen atoms in total. The first-order valence-electron chi connectivity index (χ1n) is 5.00. The number of allylic oxidation sites excluding steroid dienone is 1. The Kier molecular flexibility index (Phi) is 6.92. The molecule has 0 saturated carbocycles. The van der Waals surface area contributed by atoms with Crippen molar-refractivity contribution in [2.24, 2.45) is 0 Å². The molecule has 0 amide bonds. The zero-order valence-corrected chi connectivity index (χ0v) is 9.38. The van der Waals surface area contributed by atoms with Crippen LogP contribution in [0.5, 0.6) is 0 Å². The summed E-state index contributed by atoms with van der Waals surface area (Å²) in [7, 11) is 4.12. The number of aliphatic hydroxyl groups is 1. The minimum Gasteiger partial charge on any atom is -0.393 e. The predicted octanol–water partition coefficient (Wildman–Crippen LogP) is 2.05. The molecule has 0 heterocycles. The third kappa shape index (κ3) is 8.00. The van der Waals surface area contributed by atoms with Crippen molar-refractivity contribution >= 4 is 0 Å². The summed E-state index contributed by atoms with van der Waals surface area (Å²) in [5.74, 6) is 0. The Morgan fingerprint density at radius 3 is 2.54 bits per heavy atom. The molecule has 0 spiro atoms. The van der Waals surface area contributed by atoms with Gasteiger partial charge in [-0.3, -0.25) is 0 Å². The van der Waals surface area contributed by atoms with Gasteiger partial charge in [-0.2, -0.15) is 0 Å². The Labute approximate surface area is 82.3 Å². The topological polar surface area (TPSA) is 23.5 Å². The van der Waals surface area contributed by atoms with Gasteiger partial charge in [0, 0.05) is 0 Å². The Bertz CT molecular complexity index is 152. The fourth-order valence-corrected chi connectivity index (χ4v) is 1.23. The lowest BCUT2D eigenvalue weighted by Crippen LogP contribution is -2.16. The lowest BCUT2D eigenvalue weighted by Gasteiger charge is -2.13. The second-order valence-corrected chi connectivity index (χ2v) is 3.94. The first-order valence-corrected chi connectivity index (χ1v) is 5.00. The van der Waals surface area contributed by atoms with Crippen molar-refractivity contribution in [3.63, 3.8) is 0 Å². The quantitative estimate of drug-likeness (QED) is 0.640. The molecule has 0 radical (unpaired) electrons. The number of hydrogen-bond acceptors (Lipinski definition) is 2. The SMILES string of the molecule is CC=C(C)CC(O)CCCN(C)C. The van der Waals surface area contributed by atoms with Crippen molar-refractivity contribution < 1.29 is 5.11 Å². The highest BCUT2D eigenvalue weighted by molar-refractivity contribution is 4.97. The highest BCUT2D eigenvalue weighted by atomic mass is 16.3. The van der Waals surface area contributed by atoms with E-state index in [4.69, 9.17) is 0 Å². The average molecular weight is 185 g/mol. The third-order valence-electron chi connectivity index (χ3n) is 2.19. The zero-order chi connectivity index (χ0) is 10.3. The molecule has 13 heavy (non-hydrogen) atoms. The molecule has 2 heteroatoms. The molecular weight excluding hydrogens is 162 g/mol. The Hall–Kier alpha value is -0.340. The standard InChI is InChI=1S/C11H23NO/c1-5-10(2)9-11(13)7-6-8-12(3)4/h5,11,13H,6-9H2,1-4H3. The summed E-state index contributed by atoms with van der Waals surface area (Å²) < 4.78 is 0. The van der Waals surface area contributed by atoms with E-state index in [0.29, 0.717) is 0 Å². The van der Waals surface area contributed by atoms with Crippen LogP contribution in [0, 0.1) is 0 Å². The summed E-state index contributed by atoms with van der Waals surface area (Å²) in [5, 5.41) is 9.60. The second-order valence-electron chi connectivity index (χ2n) is 3.94. The van der Waals surface area contributed by atoms with Crippen LogP contribution in [0.1, 0.15) is 33.1 Å². The smallest absolute Gasteiger partial charge is 0.0577 e. The molecule has 0 aromatic heterocycles. The second kappa shape index (κ2) is 7.10. The minimum absolute atomic E-state index is 0.156. The molecule has 0 aromatic rings. The third-order valence-corrected chi connectivity index (χ3v) is 2.19. The van der Waals surface area contributed by atoms with Gasteiger partial charge < -0.3 is 10.0 Å². The molecular formula is C11H23NO. The van der Waals surface area contributed by atoms with E-state index >= 15 is 0 Å². The fraction of sp³-hybridized carbons (Fsp3) is 0.818. The lowest BCUT2D eigenvalue weighted by atomic mass is 10.1. The van der Waals surface area contributed by atoms with Crippen molar-refractivity contribution in [2.75, 3.05) is 20.6 Å². The van der Waals surface area contributed by atoms with Gasteiger partial charge in [-0.05, 0) is 53.8 Å². The summed E-state index contributed by atoms with van der Waals surface area (Å²) in [6.07, 6.45) is 4.71.